The molecule has 2 atom stereocenters. The van der Waals surface area contributed by atoms with Gasteiger partial charge in [0.2, 0.25) is 5.91 Å². The fourth-order valence-electron chi connectivity index (χ4n) is 2.79. The Morgan fingerprint density at radius 3 is 2.60 bits per heavy atom. The van der Waals surface area contributed by atoms with Gasteiger partial charge in [-0.3, -0.25) is 4.79 Å². The Balaban J connectivity index is 1.86. The minimum absolute atomic E-state index is 0.183. The van der Waals surface area contributed by atoms with Crippen LogP contribution in [0, 0.1) is 5.92 Å². The Labute approximate surface area is 120 Å². The van der Waals surface area contributed by atoms with E-state index in [2.05, 4.69) is 0 Å². The van der Waals surface area contributed by atoms with E-state index in [9.17, 15) is 4.79 Å². The zero-order valence-electron chi connectivity index (χ0n) is 12.3. The summed E-state index contributed by atoms with van der Waals surface area (Å²) in [5, 5.41) is 0. The number of hydrogen-bond acceptors (Lipinski definition) is 3. The zero-order chi connectivity index (χ0) is 14.5. The van der Waals surface area contributed by atoms with Crippen LogP contribution in [-0.2, 0) is 11.3 Å². The average Bonchev–Trinajstić information content (AvgIpc) is 2.85. The van der Waals surface area contributed by atoms with Gasteiger partial charge in [-0.15, -0.1) is 0 Å². The minimum Gasteiger partial charge on any atom is -0.497 e. The summed E-state index contributed by atoms with van der Waals surface area (Å²) in [5.41, 5.74) is 7.14. The number of benzene rings is 1. The second kappa shape index (κ2) is 6.75. The van der Waals surface area contributed by atoms with Crippen LogP contribution in [0.3, 0.4) is 0 Å². The van der Waals surface area contributed by atoms with E-state index in [0.717, 1.165) is 30.6 Å². The van der Waals surface area contributed by atoms with E-state index >= 15 is 0 Å². The molecule has 0 radical (unpaired) electrons. The fraction of sp³-hybridized carbons (Fsp3) is 0.562. The predicted octanol–water partition coefficient (Wildman–Crippen LogP) is 2.17. The molecule has 0 bridgehead atoms. The lowest BCUT2D eigenvalue weighted by atomic mass is 9.99. The molecule has 0 unspecified atom stereocenters. The number of rotatable bonds is 5. The van der Waals surface area contributed by atoms with Crippen LogP contribution in [0.2, 0.25) is 0 Å². The number of nitrogens with zero attached hydrogens (tertiary/aromatic N) is 1. The summed E-state index contributed by atoms with van der Waals surface area (Å²) in [6, 6.07) is 8.02. The lowest BCUT2D eigenvalue weighted by molar-refractivity contribution is -0.131. The molecule has 1 aliphatic carbocycles. The topological polar surface area (TPSA) is 55.6 Å². The first-order chi connectivity index (χ1) is 9.60. The number of amides is 1. The molecule has 1 amide bonds. The molecule has 0 spiro atoms. The van der Waals surface area contributed by atoms with Crippen molar-refractivity contribution in [1.82, 2.24) is 4.90 Å². The van der Waals surface area contributed by atoms with Gasteiger partial charge >= 0.3 is 0 Å². The van der Waals surface area contributed by atoms with Crippen LogP contribution in [0.15, 0.2) is 24.3 Å². The van der Waals surface area contributed by atoms with Gasteiger partial charge in [0, 0.05) is 26.1 Å². The maximum Gasteiger partial charge on any atom is 0.222 e. The Morgan fingerprint density at radius 2 is 2.05 bits per heavy atom. The van der Waals surface area contributed by atoms with Gasteiger partial charge in [-0.05, 0) is 36.5 Å². The van der Waals surface area contributed by atoms with Gasteiger partial charge in [0.05, 0.1) is 7.11 Å². The van der Waals surface area contributed by atoms with Gasteiger partial charge in [-0.1, -0.05) is 18.6 Å². The summed E-state index contributed by atoms with van der Waals surface area (Å²) < 4.78 is 5.13. The zero-order valence-corrected chi connectivity index (χ0v) is 12.3. The van der Waals surface area contributed by atoms with Crippen LogP contribution in [-0.4, -0.2) is 31.0 Å². The van der Waals surface area contributed by atoms with Crippen LogP contribution in [0.1, 0.15) is 31.2 Å². The maximum atomic E-state index is 12.2. The van der Waals surface area contributed by atoms with E-state index in [0.29, 0.717) is 18.9 Å². The minimum atomic E-state index is 0.183. The van der Waals surface area contributed by atoms with Crippen LogP contribution in [0.25, 0.3) is 0 Å². The number of ether oxygens (including phenoxy) is 1. The molecule has 1 aliphatic rings. The van der Waals surface area contributed by atoms with Crippen molar-refractivity contribution >= 4 is 5.91 Å². The molecule has 1 fully saturated rings. The highest BCUT2D eigenvalue weighted by Gasteiger charge is 2.27. The van der Waals surface area contributed by atoms with Gasteiger partial charge in [0.25, 0.3) is 0 Å². The van der Waals surface area contributed by atoms with Crippen molar-refractivity contribution in [3.05, 3.63) is 29.8 Å². The second-order valence-corrected chi connectivity index (χ2v) is 5.66. The van der Waals surface area contributed by atoms with Gasteiger partial charge in [0.1, 0.15) is 5.75 Å². The molecule has 1 aromatic carbocycles. The first-order valence-electron chi connectivity index (χ1n) is 7.22. The fourth-order valence-corrected chi connectivity index (χ4v) is 2.79. The highest BCUT2D eigenvalue weighted by Crippen LogP contribution is 2.27. The van der Waals surface area contributed by atoms with Crippen molar-refractivity contribution in [2.75, 3.05) is 14.2 Å². The maximum absolute atomic E-state index is 12.2. The summed E-state index contributed by atoms with van der Waals surface area (Å²) in [7, 11) is 3.50. The van der Waals surface area contributed by atoms with Crippen molar-refractivity contribution < 1.29 is 9.53 Å². The lowest BCUT2D eigenvalue weighted by Crippen LogP contribution is -2.32. The molecule has 1 saturated carbocycles. The molecule has 0 aromatic heterocycles. The summed E-state index contributed by atoms with van der Waals surface area (Å²) >= 11 is 0. The van der Waals surface area contributed by atoms with Crippen molar-refractivity contribution in [3.63, 3.8) is 0 Å². The molecule has 1 aromatic rings. The monoisotopic (exact) mass is 276 g/mol. The molecular weight excluding hydrogens is 252 g/mol. The molecular formula is C16H24N2O2. The van der Waals surface area contributed by atoms with Crippen LogP contribution in [0.4, 0.5) is 0 Å². The van der Waals surface area contributed by atoms with E-state index in [1.165, 1.54) is 0 Å². The molecule has 2 rings (SSSR count). The molecule has 0 heterocycles. The van der Waals surface area contributed by atoms with Crippen molar-refractivity contribution in [3.8, 4) is 5.75 Å². The molecule has 4 heteroatoms. The SMILES string of the molecule is COc1ccc(CN(C)C(=O)C[C@@H]2CCC[C@H]2N)cc1. The quantitative estimate of drug-likeness (QED) is 0.896. The Hall–Kier alpha value is -1.55. The average molecular weight is 276 g/mol. The third kappa shape index (κ3) is 3.73. The molecule has 0 saturated heterocycles. The van der Waals surface area contributed by atoms with Crippen molar-refractivity contribution in [2.45, 2.75) is 38.3 Å². The van der Waals surface area contributed by atoms with E-state index in [1.807, 2.05) is 31.3 Å². The summed E-state index contributed by atoms with van der Waals surface area (Å²) in [4.78, 5) is 14.0. The highest BCUT2D eigenvalue weighted by atomic mass is 16.5. The smallest absolute Gasteiger partial charge is 0.222 e. The molecule has 20 heavy (non-hydrogen) atoms. The Morgan fingerprint density at radius 1 is 1.35 bits per heavy atom. The first-order valence-corrected chi connectivity index (χ1v) is 7.22. The van der Waals surface area contributed by atoms with E-state index in [1.54, 1.807) is 12.0 Å². The number of nitrogens with two attached hydrogens (primary N) is 1. The number of methoxy groups -OCH3 is 1. The van der Waals surface area contributed by atoms with E-state index in [4.69, 9.17) is 10.5 Å². The highest BCUT2D eigenvalue weighted by molar-refractivity contribution is 5.76. The number of carbonyl (C=O) groups is 1. The third-order valence-electron chi connectivity index (χ3n) is 4.16. The van der Waals surface area contributed by atoms with E-state index < -0.39 is 0 Å². The van der Waals surface area contributed by atoms with Gasteiger partial charge in [0.15, 0.2) is 0 Å². The lowest BCUT2D eigenvalue weighted by Gasteiger charge is -2.21. The first kappa shape index (κ1) is 14.9. The van der Waals surface area contributed by atoms with Gasteiger partial charge in [-0.2, -0.15) is 0 Å². The van der Waals surface area contributed by atoms with Gasteiger partial charge < -0.3 is 15.4 Å². The summed E-state index contributed by atoms with van der Waals surface area (Å²) in [6.07, 6.45) is 3.87. The predicted molar refractivity (Wildman–Crippen MR) is 79.4 cm³/mol. The van der Waals surface area contributed by atoms with Crippen molar-refractivity contribution in [1.29, 1.82) is 0 Å². The van der Waals surface area contributed by atoms with Crippen LogP contribution >= 0.6 is 0 Å². The summed E-state index contributed by atoms with van der Waals surface area (Å²) in [5.74, 6) is 1.38. The number of carbonyl (C=O) groups excluding carboxylic acids is 1. The van der Waals surface area contributed by atoms with Crippen LogP contribution < -0.4 is 10.5 Å². The molecule has 110 valence electrons. The van der Waals surface area contributed by atoms with Crippen molar-refractivity contribution in [2.24, 2.45) is 11.7 Å². The standard InChI is InChI=1S/C16H24N2O2/c1-18(11-12-6-8-14(20-2)9-7-12)16(19)10-13-4-3-5-15(13)17/h6-9,13,15H,3-5,10-11,17H2,1-2H3/t13-,15+/m0/s1. The summed E-state index contributed by atoms with van der Waals surface area (Å²) in [6.45, 7) is 0.630. The molecule has 4 nitrogen and oxygen atoms in total. The Bertz CT molecular complexity index is 444. The number of hydrogen-bond donors (Lipinski definition) is 1. The van der Waals surface area contributed by atoms with E-state index in [-0.39, 0.29) is 11.9 Å². The molecule has 2 N–H and O–H groups in total. The third-order valence-corrected chi connectivity index (χ3v) is 4.16. The molecule has 0 aliphatic heterocycles. The Kier molecular flexibility index (Phi) is 5.01. The van der Waals surface area contributed by atoms with Crippen LogP contribution in [0.5, 0.6) is 5.75 Å². The largest absolute Gasteiger partial charge is 0.497 e. The second-order valence-electron chi connectivity index (χ2n) is 5.66. The normalized spacial score (nSPS) is 21.8. The van der Waals surface area contributed by atoms with Gasteiger partial charge in [-0.25, -0.2) is 0 Å².